The van der Waals surface area contributed by atoms with Gasteiger partial charge in [0.1, 0.15) is 0 Å². The first-order chi connectivity index (χ1) is 4.84. The van der Waals surface area contributed by atoms with Crippen LogP contribution < -0.4 is 29.6 Å². The van der Waals surface area contributed by atoms with Gasteiger partial charge in [-0.2, -0.15) is 0 Å². The third-order valence-electron chi connectivity index (χ3n) is 1.07. The van der Waals surface area contributed by atoms with Gasteiger partial charge in [-0.3, -0.25) is 11.3 Å². The first kappa shape index (κ1) is 14.6. The van der Waals surface area contributed by atoms with E-state index in [1.54, 1.807) is 24.6 Å². The van der Waals surface area contributed by atoms with Crippen LogP contribution in [-0.4, -0.2) is 16.7 Å². The van der Waals surface area contributed by atoms with Crippen molar-refractivity contribution in [3.05, 3.63) is 29.0 Å². The van der Waals surface area contributed by atoms with Crippen molar-refractivity contribution in [1.29, 1.82) is 0 Å². The third kappa shape index (κ3) is 4.18. The minimum absolute atomic E-state index is 0. The van der Waals surface area contributed by atoms with Gasteiger partial charge in [-0.05, 0) is 12.1 Å². The zero-order valence-corrected chi connectivity index (χ0v) is 9.38. The molecule has 0 aliphatic carbocycles. The summed E-state index contributed by atoms with van der Waals surface area (Å²) in [5.41, 5.74) is 0.583. The van der Waals surface area contributed by atoms with E-state index in [1.165, 1.54) is 0 Å². The van der Waals surface area contributed by atoms with E-state index in [1.807, 2.05) is 0 Å². The van der Waals surface area contributed by atoms with Gasteiger partial charge in [-0.15, -0.1) is 6.42 Å². The summed E-state index contributed by atoms with van der Waals surface area (Å²) in [5, 5.41) is 0.519. The van der Waals surface area contributed by atoms with Gasteiger partial charge in [0.2, 0.25) is 0 Å². The molecule has 0 aliphatic rings. The fourth-order valence-corrected chi connectivity index (χ4v) is 0.805. The molecule has 0 aromatic carbocycles. The van der Waals surface area contributed by atoms with Crippen molar-refractivity contribution in [3.8, 4) is 0 Å². The maximum Gasteiger partial charge on any atom is 1.00 e. The van der Waals surface area contributed by atoms with Crippen LogP contribution in [0.15, 0.2) is 18.3 Å². The molecule has 1 rings (SSSR count). The second-order valence-electron chi connectivity index (χ2n) is 1.75. The van der Waals surface area contributed by atoms with Crippen LogP contribution in [0.3, 0.4) is 0 Å². The second kappa shape index (κ2) is 7.71. The Morgan fingerprint density at radius 3 is 2.75 bits per heavy atom. The van der Waals surface area contributed by atoms with Crippen LogP contribution in [0.1, 0.15) is 5.69 Å². The number of nitrogens with zero attached hydrogens (tertiary/aromatic N) is 1. The predicted molar refractivity (Wildman–Crippen MR) is 40.6 cm³/mol. The minimum Gasteiger partial charge on any atom is -0.870 e. The summed E-state index contributed by atoms with van der Waals surface area (Å²) in [6.45, 7) is 0. The van der Waals surface area contributed by atoms with E-state index in [-0.39, 0.29) is 41.5 Å². The van der Waals surface area contributed by atoms with Crippen molar-refractivity contribution in [1.82, 2.24) is 4.98 Å². The van der Waals surface area contributed by atoms with Gasteiger partial charge < -0.3 is 10.3 Å². The molecule has 1 N–H and O–H groups in total. The number of hydrogen-bond acceptors (Lipinski definition) is 3. The molecule has 0 saturated carbocycles. The first-order valence-corrected chi connectivity index (χ1v) is 3.17. The van der Waals surface area contributed by atoms with Gasteiger partial charge in [0, 0.05) is 11.9 Å². The predicted octanol–water partition coefficient (Wildman–Crippen LogP) is -1.79. The third-order valence-corrected chi connectivity index (χ3v) is 1.42. The molecule has 12 heavy (non-hydrogen) atoms. The topological polar surface area (TPSA) is 60.0 Å². The smallest absolute Gasteiger partial charge is 0.870 e. The Hall–Kier alpha value is 0.0700. The van der Waals surface area contributed by atoms with Crippen molar-refractivity contribution < 1.29 is 39.8 Å². The molecule has 5 heteroatoms. The molecular weight excluding hydrogens is 189 g/mol. The zero-order chi connectivity index (χ0) is 7.40. The van der Waals surface area contributed by atoms with Gasteiger partial charge in [0.25, 0.3) is 0 Å². The normalized spacial score (nSPS) is 7.75. The van der Waals surface area contributed by atoms with E-state index in [0.717, 1.165) is 0 Å². The molecule has 60 valence electrons. The van der Waals surface area contributed by atoms with E-state index >= 15 is 0 Å². The molecule has 1 aromatic rings. The molecule has 1 heterocycles. The molecule has 0 bridgehead atoms. The molecule has 0 aliphatic heterocycles. The second-order valence-corrected chi connectivity index (χ2v) is 2.16. The maximum atomic E-state index is 9.90. The standard InChI is InChI=1S/C7H5ClNO.Na.H2O/c8-6-2-1-4-9-7(6)3-5-10;;/h1-2,4H,3H2;;1H2/q-1;+1;/p-1. The molecule has 0 fully saturated rings. The van der Waals surface area contributed by atoms with Crippen molar-refractivity contribution in [2.24, 2.45) is 0 Å². The zero-order valence-electron chi connectivity index (χ0n) is 6.62. The number of hydrogen-bond donors (Lipinski definition) is 0. The molecule has 0 radical (unpaired) electrons. The maximum absolute atomic E-state index is 9.90. The molecule has 0 atom stereocenters. The number of carbonyl (C=O) groups excluding carboxylic acids is 1. The van der Waals surface area contributed by atoms with Crippen LogP contribution in [0.4, 0.5) is 0 Å². The largest absolute Gasteiger partial charge is 1.00 e. The van der Waals surface area contributed by atoms with Crippen LogP contribution in [0, 0.1) is 0 Å². The molecule has 0 saturated heterocycles. The number of halogens is 1. The summed E-state index contributed by atoms with van der Waals surface area (Å²) in [6.07, 6.45) is 3.49. The van der Waals surface area contributed by atoms with Crippen molar-refractivity contribution in [3.63, 3.8) is 0 Å². The Bertz CT molecular complexity index is 245. The number of rotatable bonds is 2. The Balaban J connectivity index is 0. The quantitative estimate of drug-likeness (QED) is 0.413. The van der Waals surface area contributed by atoms with Crippen LogP contribution in [0.25, 0.3) is 0 Å². The van der Waals surface area contributed by atoms with E-state index in [4.69, 9.17) is 11.6 Å². The van der Waals surface area contributed by atoms with Gasteiger partial charge in [-0.25, -0.2) is 0 Å². The molecule has 0 amide bonds. The van der Waals surface area contributed by atoms with Crippen molar-refractivity contribution in [2.45, 2.75) is 6.42 Å². The molecule has 1 aromatic heterocycles. The summed E-state index contributed by atoms with van der Waals surface area (Å²) in [4.78, 5) is 13.8. The fraction of sp³-hybridized carbons (Fsp3) is 0.143. The van der Waals surface area contributed by atoms with Crippen molar-refractivity contribution >= 4 is 17.9 Å². The fourth-order valence-electron chi connectivity index (χ4n) is 0.617. The molecule has 3 nitrogen and oxygen atoms in total. The van der Waals surface area contributed by atoms with Crippen LogP contribution in [0.5, 0.6) is 0 Å². The number of pyridine rings is 1. The number of aromatic nitrogens is 1. The summed E-state index contributed by atoms with van der Waals surface area (Å²) in [5.74, 6) is 0. The van der Waals surface area contributed by atoms with E-state index in [9.17, 15) is 4.79 Å². The van der Waals surface area contributed by atoms with Crippen LogP contribution >= 0.6 is 11.6 Å². The molecule has 0 unspecified atom stereocenters. The van der Waals surface area contributed by atoms with Gasteiger partial charge in [0.05, 0.1) is 5.02 Å². The Kier molecular flexibility index (Phi) is 9.37. The van der Waals surface area contributed by atoms with Gasteiger partial charge >= 0.3 is 29.6 Å². The van der Waals surface area contributed by atoms with Crippen LogP contribution in [0.2, 0.25) is 5.02 Å². The summed E-state index contributed by atoms with van der Waals surface area (Å²) >= 11 is 5.66. The van der Waals surface area contributed by atoms with Gasteiger partial charge in [-0.1, -0.05) is 11.6 Å². The average Bonchev–Trinajstić information content (AvgIpc) is 1.94. The van der Waals surface area contributed by atoms with Crippen molar-refractivity contribution in [2.75, 3.05) is 0 Å². The van der Waals surface area contributed by atoms with E-state index < -0.39 is 0 Å². The van der Waals surface area contributed by atoms with E-state index in [2.05, 4.69) is 4.98 Å². The average molecular weight is 195 g/mol. The van der Waals surface area contributed by atoms with E-state index in [0.29, 0.717) is 10.7 Å². The Morgan fingerprint density at radius 2 is 2.25 bits per heavy atom. The monoisotopic (exact) mass is 194 g/mol. The summed E-state index contributed by atoms with van der Waals surface area (Å²) in [7, 11) is 0. The Labute approximate surface area is 97.7 Å². The summed E-state index contributed by atoms with van der Waals surface area (Å²) < 4.78 is 0. The SMILES string of the molecule is O=[C-]Cc1ncccc1Cl.[Na+].[OH-]. The summed E-state index contributed by atoms with van der Waals surface area (Å²) in [6, 6.07) is 3.41. The molecule has 0 spiro atoms. The van der Waals surface area contributed by atoms with Gasteiger partial charge in [0.15, 0.2) is 0 Å². The minimum atomic E-state index is 0. The molecular formula is C7H6ClNNaO2-. The first-order valence-electron chi connectivity index (χ1n) is 2.79. The van der Waals surface area contributed by atoms with Crippen LogP contribution in [-0.2, 0) is 11.2 Å². The Morgan fingerprint density at radius 1 is 1.58 bits per heavy atom.